The molecule has 0 saturated heterocycles. The number of aromatic nitrogens is 1. The molecule has 1 atom stereocenters. The van der Waals surface area contributed by atoms with Crippen LogP contribution in [0.2, 0.25) is 0 Å². The zero-order valence-electron chi connectivity index (χ0n) is 12.2. The molecular formula is C17H12F2N2O2. The van der Waals surface area contributed by atoms with Gasteiger partial charge in [-0.15, -0.1) is 0 Å². The Balaban J connectivity index is 2.07. The number of nitrogens with zero attached hydrogens (tertiary/aromatic N) is 2. The van der Waals surface area contributed by atoms with E-state index in [1.165, 1.54) is 12.1 Å². The van der Waals surface area contributed by atoms with Crippen LogP contribution >= 0.6 is 0 Å². The van der Waals surface area contributed by atoms with Crippen molar-refractivity contribution in [1.82, 2.24) is 4.98 Å². The van der Waals surface area contributed by atoms with E-state index in [0.717, 1.165) is 12.1 Å². The molecule has 1 N–H and O–H groups in total. The molecule has 6 heteroatoms. The molecule has 1 aliphatic carbocycles. The van der Waals surface area contributed by atoms with Crippen molar-refractivity contribution >= 4 is 5.78 Å². The van der Waals surface area contributed by atoms with E-state index in [9.17, 15) is 13.6 Å². The Morgan fingerprint density at radius 2 is 1.96 bits per heavy atom. The van der Waals surface area contributed by atoms with Crippen LogP contribution in [-0.4, -0.2) is 15.9 Å². The number of carbonyl (C=O) groups is 1. The van der Waals surface area contributed by atoms with Gasteiger partial charge in [0.2, 0.25) is 0 Å². The highest BCUT2D eigenvalue weighted by Gasteiger charge is 2.39. The van der Waals surface area contributed by atoms with Crippen molar-refractivity contribution in [2.24, 2.45) is 5.41 Å². The van der Waals surface area contributed by atoms with Gasteiger partial charge in [-0.25, -0.2) is 8.78 Å². The number of rotatable bonds is 1. The minimum atomic E-state index is -1.08. The number of Topliss-reactive ketones (excluding diaryl/α,β-unsaturated/α-hetero) is 1. The lowest BCUT2D eigenvalue weighted by molar-refractivity contribution is 0.0852. The van der Waals surface area contributed by atoms with Crippen molar-refractivity contribution in [2.45, 2.75) is 19.8 Å². The second-order valence-corrected chi connectivity index (χ2v) is 5.75. The van der Waals surface area contributed by atoms with Gasteiger partial charge in [0.05, 0.1) is 17.5 Å². The summed E-state index contributed by atoms with van der Waals surface area (Å²) in [6, 6.07) is 7.00. The van der Waals surface area contributed by atoms with E-state index >= 15 is 0 Å². The van der Waals surface area contributed by atoms with Gasteiger partial charge in [-0.1, -0.05) is 0 Å². The molecule has 1 aromatic heterocycles. The first-order valence-electron chi connectivity index (χ1n) is 7.00. The molecule has 0 radical (unpaired) electrons. The highest BCUT2D eigenvalue weighted by atomic mass is 19.1. The van der Waals surface area contributed by atoms with Gasteiger partial charge in [0.15, 0.2) is 23.2 Å². The molecule has 0 amide bonds. The lowest BCUT2D eigenvalue weighted by Gasteiger charge is -2.26. The average Bonchev–Trinajstić information content (AvgIpc) is 2.55. The van der Waals surface area contributed by atoms with Crippen LogP contribution in [0.1, 0.15) is 29.4 Å². The molecule has 0 aliphatic heterocycles. The third-order valence-electron chi connectivity index (χ3n) is 4.14. The molecule has 2 aromatic rings. The smallest absolute Gasteiger partial charge is 0.187 e. The Hall–Kier alpha value is -2.81. The quantitative estimate of drug-likeness (QED) is 0.875. The summed E-state index contributed by atoms with van der Waals surface area (Å²) >= 11 is 0. The summed E-state index contributed by atoms with van der Waals surface area (Å²) in [5.41, 5.74) is 0.280. The van der Waals surface area contributed by atoms with Crippen molar-refractivity contribution in [3.8, 4) is 23.1 Å². The number of hydrogen-bond acceptors (Lipinski definition) is 4. The van der Waals surface area contributed by atoms with Gasteiger partial charge in [-0.05, 0) is 44.0 Å². The fourth-order valence-electron chi connectivity index (χ4n) is 2.66. The van der Waals surface area contributed by atoms with Crippen LogP contribution < -0.4 is 0 Å². The van der Waals surface area contributed by atoms with E-state index in [4.69, 9.17) is 10.4 Å². The van der Waals surface area contributed by atoms with Gasteiger partial charge in [0.25, 0.3) is 0 Å². The Morgan fingerprint density at radius 1 is 1.30 bits per heavy atom. The molecule has 0 spiro atoms. The summed E-state index contributed by atoms with van der Waals surface area (Å²) in [4.78, 5) is 16.7. The number of benzene rings is 1. The molecule has 0 fully saturated rings. The van der Waals surface area contributed by atoms with Crippen molar-refractivity contribution in [2.75, 3.05) is 0 Å². The van der Waals surface area contributed by atoms with Gasteiger partial charge in [-0.3, -0.25) is 9.78 Å². The maximum Gasteiger partial charge on any atom is 0.187 e. The van der Waals surface area contributed by atoms with Crippen LogP contribution in [0.3, 0.4) is 0 Å². The molecule has 0 saturated carbocycles. The zero-order valence-corrected chi connectivity index (χ0v) is 12.2. The Bertz CT molecular complexity index is 850. The molecule has 3 rings (SSSR count). The molecule has 1 heterocycles. The number of ketones is 1. The number of aromatic hydroxyl groups is 1. The minimum Gasteiger partial charge on any atom is -0.503 e. The maximum absolute atomic E-state index is 13.5. The molecule has 116 valence electrons. The standard InChI is InChI=1S/C17H12F2N2O2/c1-17(8-20)5-4-14-10(16(17)23)2-3-13(21-14)9-6-11(18)15(22)12(19)7-9/h2-3,6-7,22H,4-5H2,1H3. The normalized spacial score (nSPS) is 20.0. The number of pyridine rings is 1. The molecule has 1 aliphatic rings. The first-order chi connectivity index (χ1) is 10.9. The highest BCUT2D eigenvalue weighted by molar-refractivity contribution is 6.04. The lowest BCUT2D eigenvalue weighted by Crippen LogP contribution is -2.32. The van der Waals surface area contributed by atoms with Gasteiger partial charge in [-0.2, -0.15) is 5.26 Å². The van der Waals surface area contributed by atoms with E-state index < -0.39 is 22.8 Å². The van der Waals surface area contributed by atoms with Gasteiger partial charge in [0.1, 0.15) is 5.41 Å². The summed E-state index contributed by atoms with van der Waals surface area (Å²) in [5, 5.41) is 18.3. The van der Waals surface area contributed by atoms with Crippen molar-refractivity contribution in [1.29, 1.82) is 5.26 Å². The molecule has 4 nitrogen and oxygen atoms in total. The lowest BCUT2D eigenvalue weighted by atomic mass is 9.74. The fourth-order valence-corrected chi connectivity index (χ4v) is 2.66. The van der Waals surface area contributed by atoms with E-state index in [1.807, 2.05) is 6.07 Å². The number of hydrogen-bond donors (Lipinski definition) is 1. The number of aryl methyl sites for hydroxylation is 1. The number of fused-ring (bicyclic) bond motifs is 1. The Labute approximate surface area is 131 Å². The maximum atomic E-state index is 13.5. The minimum absolute atomic E-state index is 0.168. The van der Waals surface area contributed by atoms with Crippen molar-refractivity contribution in [3.63, 3.8) is 0 Å². The van der Waals surface area contributed by atoms with Gasteiger partial charge in [0, 0.05) is 11.1 Å². The summed E-state index contributed by atoms with van der Waals surface area (Å²) in [6.07, 6.45) is 0.784. The van der Waals surface area contributed by atoms with Crippen LogP contribution in [0.4, 0.5) is 8.78 Å². The number of phenolic OH excluding ortho intramolecular Hbond substituents is 1. The topological polar surface area (TPSA) is 74.0 Å². The number of phenols is 1. The Morgan fingerprint density at radius 3 is 2.57 bits per heavy atom. The van der Waals surface area contributed by atoms with Crippen LogP contribution in [0.25, 0.3) is 11.3 Å². The summed E-state index contributed by atoms with van der Waals surface area (Å²) in [6.45, 7) is 1.59. The first kappa shape index (κ1) is 15.1. The molecule has 23 heavy (non-hydrogen) atoms. The molecule has 1 aromatic carbocycles. The number of nitriles is 1. The summed E-state index contributed by atoms with van der Waals surface area (Å²) < 4.78 is 26.9. The largest absolute Gasteiger partial charge is 0.503 e. The van der Waals surface area contributed by atoms with E-state index in [1.54, 1.807) is 6.92 Å². The molecule has 1 unspecified atom stereocenters. The molecular weight excluding hydrogens is 302 g/mol. The SMILES string of the molecule is CC1(C#N)CCc2nc(-c3cc(F)c(O)c(F)c3)ccc2C1=O. The summed E-state index contributed by atoms with van der Waals surface area (Å²) in [7, 11) is 0. The van der Waals surface area contributed by atoms with Crippen molar-refractivity contribution in [3.05, 3.63) is 47.2 Å². The second kappa shape index (κ2) is 5.13. The van der Waals surface area contributed by atoms with Gasteiger partial charge >= 0.3 is 0 Å². The van der Waals surface area contributed by atoms with E-state index in [2.05, 4.69) is 4.98 Å². The fraction of sp³-hybridized carbons (Fsp3) is 0.235. The van der Waals surface area contributed by atoms with Gasteiger partial charge < -0.3 is 5.11 Å². The van der Waals surface area contributed by atoms with E-state index in [0.29, 0.717) is 29.8 Å². The average molecular weight is 314 g/mol. The van der Waals surface area contributed by atoms with Crippen LogP contribution in [0.15, 0.2) is 24.3 Å². The third-order valence-corrected chi connectivity index (χ3v) is 4.14. The third kappa shape index (κ3) is 2.34. The zero-order chi connectivity index (χ0) is 16.8. The highest BCUT2D eigenvalue weighted by Crippen LogP contribution is 2.35. The predicted molar refractivity (Wildman–Crippen MR) is 77.6 cm³/mol. The monoisotopic (exact) mass is 314 g/mol. The second-order valence-electron chi connectivity index (χ2n) is 5.75. The first-order valence-corrected chi connectivity index (χ1v) is 7.00. The molecule has 0 bridgehead atoms. The van der Waals surface area contributed by atoms with Crippen LogP contribution in [-0.2, 0) is 6.42 Å². The van der Waals surface area contributed by atoms with Crippen molar-refractivity contribution < 1.29 is 18.7 Å². The Kier molecular flexibility index (Phi) is 3.37. The predicted octanol–water partition coefficient (Wildman–Crippen LogP) is 3.39. The van der Waals surface area contributed by atoms with Crippen LogP contribution in [0.5, 0.6) is 5.75 Å². The summed E-state index contributed by atoms with van der Waals surface area (Å²) in [5.74, 6) is -3.48. The van der Waals surface area contributed by atoms with E-state index in [-0.39, 0.29) is 11.3 Å². The number of carbonyl (C=O) groups excluding carboxylic acids is 1. The van der Waals surface area contributed by atoms with Crippen LogP contribution in [0, 0.1) is 28.4 Å². The number of halogens is 2.